The van der Waals surface area contributed by atoms with E-state index in [2.05, 4.69) is 10.3 Å². The second-order valence-electron chi connectivity index (χ2n) is 6.89. The van der Waals surface area contributed by atoms with Crippen LogP contribution in [0, 0.1) is 5.82 Å². The van der Waals surface area contributed by atoms with E-state index < -0.39 is 0 Å². The average Bonchev–Trinajstić information content (AvgIpc) is 3.52. The predicted octanol–water partition coefficient (Wildman–Crippen LogP) is 2.08. The topological polar surface area (TPSA) is 65.5 Å². The molecule has 0 radical (unpaired) electrons. The van der Waals surface area contributed by atoms with Crippen LogP contribution >= 0.6 is 0 Å². The first-order valence-corrected chi connectivity index (χ1v) is 9.18. The van der Waals surface area contributed by atoms with Crippen molar-refractivity contribution in [3.8, 4) is 0 Å². The van der Waals surface area contributed by atoms with Gasteiger partial charge in [0.1, 0.15) is 17.2 Å². The van der Waals surface area contributed by atoms with Gasteiger partial charge in [-0.1, -0.05) is 18.2 Å². The third-order valence-corrected chi connectivity index (χ3v) is 4.87. The monoisotopic (exact) mass is 368 g/mol. The van der Waals surface area contributed by atoms with Crippen LogP contribution < -0.4 is 10.2 Å². The molecule has 1 aliphatic heterocycles. The van der Waals surface area contributed by atoms with E-state index in [-0.39, 0.29) is 35.1 Å². The lowest BCUT2D eigenvalue weighted by molar-refractivity contribution is 0.0740. The number of anilines is 1. The van der Waals surface area contributed by atoms with Gasteiger partial charge in [-0.2, -0.15) is 0 Å². The fraction of sp³-hybridized carbons (Fsp3) is 0.350. The van der Waals surface area contributed by atoms with Crippen LogP contribution in [-0.4, -0.2) is 53.9 Å². The zero-order valence-electron chi connectivity index (χ0n) is 14.9. The number of halogens is 1. The van der Waals surface area contributed by atoms with Crippen molar-refractivity contribution in [3.05, 3.63) is 59.7 Å². The van der Waals surface area contributed by atoms with Crippen LogP contribution in [0.2, 0.25) is 0 Å². The second-order valence-corrected chi connectivity index (χ2v) is 6.89. The first-order valence-electron chi connectivity index (χ1n) is 9.18. The fourth-order valence-corrected chi connectivity index (χ4v) is 3.19. The molecule has 7 heteroatoms. The molecule has 2 amide bonds. The number of nitrogens with one attached hydrogen (secondary N) is 1. The number of carbonyl (C=O) groups is 2. The van der Waals surface area contributed by atoms with E-state index in [0.29, 0.717) is 31.9 Å². The number of rotatable bonds is 4. The van der Waals surface area contributed by atoms with Crippen molar-refractivity contribution in [1.82, 2.24) is 15.2 Å². The highest BCUT2D eigenvalue weighted by Crippen LogP contribution is 2.21. The number of pyridine rings is 1. The number of para-hydroxylation sites is 1. The summed E-state index contributed by atoms with van der Waals surface area (Å²) < 4.78 is 13.9. The van der Waals surface area contributed by atoms with E-state index in [1.165, 1.54) is 6.07 Å². The lowest BCUT2D eigenvalue weighted by Crippen LogP contribution is -2.49. The summed E-state index contributed by atoms with van der Waals surface area (Å²) in [4.78, 5) is 32.8. The third-order valence-electron chi connectivity index (χ3n) is 4.87. The van der Waals surface area contributed by atoms with Crippen molar-refractivity contribution >= 4 is 17.5 Å². The van der Waals surface area contributed by atoms with Gasteiger partial charge in [0.25, 0.3) is 11.8 Å². The molecule has 1 N–H and O–H groups in total. The van der Waals surface area contributed by atoms with Gasteiger partial charge in [-0.3, -0.25) is 9.59 Å². The van der Waals surface area contributed by atoms with Gasteiger partial charge in [0.2, 0.25) is 0 Å². The molecular weight excluding hydrogens is 347 g/mol. The van der Waals surface area contributed by atoms with Crippen molar-refractivity contribution in [2.24, 2.45) is 0 Å². The van der Waals surface area contributed by atoms with Crippen LogP contribution in [0.3, 0.4) is 0 Å². The van der Waals surface area contributed by atoms with Gasteiger partial charge in [0.05, 0.1) is 5.69 Å². The first kappa shape index (κ1) is 17.5. The molecule has 4 rings (SSSR count). The van der Waals surface area contributed by atoms with Gasteiger partial charge in [0, 0.05) is 32.2 Å². The van der Waals surface area contributed by atoms with Crippen LogP contribution in [0.4, 0.5) is 10.1 Å². The van der Waals surface area contributed by atoms with Gasteiger partial charge in [-0.15, -0.1) is 0 Å². The highest BCUT2D eigenvalue weighted by molar-refractivity contribution is 5.96. The number of piperazine rings is 1. The van der Waals surface area contributed by atoms with Crippen molar-refractivity contribution in [3.63, 3.8) is 0 Å². The minimum Gasteiger partial charge on any atom is -0.366 e. The Balaban J connectivity index is 1.40. The van der Waals surface area contributed by atoms with Crippen molar-refractivity contribution in [2.75, 3.05) is 31.1 Å². The summed E-state index contributed by atoms with van der Waals surface area (Å²) in [5.74, 6) is -0.700. The highest BCUT2D eigenvalue weighted by atomic mass is 19.1. The molecule has 0 unspecified atom stereocenters. The standard InChI is InChI=1S/C20H21FN4O2/c21-15-4-1-2-7-18(15)24-10-12-25(13-11-24)20(27)17-6-3-5-16(23-17)19(26)22-14-8-9-14/h1-7,14H,8-13H2,(H,22,26). The molecule has 27 heavy (non-hydrogen) atoms. The molecule has 1 saturated carbocycles. The summed E-state index contributed by atoms with van der Waals surface area (Å²) in [5.41, 5.74) is 1.08. The van der Waals surface area contributed by atoms with Crippen LogP contribution in [0.1, 0.15) is 33.8 Å². The molecule has 1 aromatic heterocycles. The molecule has 1 aliphatic carbocycles. The maximum Gasteiger partial charge on any atom is 0.272 e. The lowest BCUT2D eigenvalue weighted by atomic mass is 10.2. The Labute approximate surface area is 157 Å². The summed E-state index contributed by atoms with van der Waals surface area (Å²) in [6.45, 7) is 2.06. The quantitative estimate of drug-likeness (QED) is 0.897. The molecule has 2 aromatic rings. The van der Waals surface area contributed by atoms with Crippen molar-refractivity contribution in [1.29, 1.82) is 0 Å². The van der Waals surface area contributed by atoms with Gasteiger partial charge in [0.15, 0.2) is 0 Å². The number of carbonyl (C=O) groups excluding carboxylic acids is 2. The Morgan fingerprint density at radius 1 is 0.963 bits per heavy atom. The molecule has 6 nitrogen and oxygen atoms in total. The van der Waals surface area contributed by atoms with Gasteiger partial charge >= 0.3 is 0 Å². The first-order chi connectivity index (χ1) is 13.1. The third kappa shape index (κ3) is 3.92. The summed E-state index contributed by atoms with van der Waals surface area (Å²) in [7, 11) is 0. The van der Waals surface area contributed by atoms with E-state index in [1.807, 2.05) is 4.90 Å². The summed E-state index contributed by atoms with van der Waals surface area (Å²) in [5, 5.41) is 2.88. The van der Waals surface area contributed by atoms with Crippen LogP contribution in [0.25, 0.3) is 0 Å². The maximum atomic E-state index is 13.9. The van der Waals surface area contributed by atoms with Crippen molar-refractivity contribution in [2.45, 2.75) is 18.9 Å². The zero-order chi connectivity index (χ0) is 18.8. The molecular formula is C20H21FN4O2. The summed E-state index contributed by atoms with van der Waals surface area (Å²) >= 11 is 0. The number of benzene rings is 1. The second kappa shape index (κ2) is 7.34. The normalized spacial score (nSPS) is 16.9. The molecule has 140 valence electrons. The van der Waals surface area contributed by atoms with Crippen LogP contribution in [0.5, 0.6) is 0 Å². The number of aromatic nitrogens is 1. The number of amides is 2. The molecule has 2 fully saturated rings. The largest absolute Gasteiger partial charge is 0.366 e. The van der Waals surface area contributed by atoms with E-state index in [0.717, 1.165) is 12.8 Å². The maximum absolute atomic E-state index is 13.9. The number of hydrogen-bond donors (Lipinski definition) is 1. The molecule has 0 bridgehead atoms. The molecule has 1 saturated heterocycles. The molecule has 1 aromatic carbocycles. The minimum absolute atomic E-state index is 0.204. The smallest absolute Gasteiger partial charge is 0.272 e. The van der Waals surface area contributed by atoms with E-state index in [4.69, 9.17) is 0 Å². The summed E-state index contributed by atoms with van der Waals surface area (Å²) in [6.07, 6.45) is 1.99. The molecule has 0 spiro atoms. The SMILES string of the molecule is O=C(NC1CC1)c1cccc(C(=O)N2CCN(c3ccccc3F)CC2)n1. The Hall–Kier alpha value is -2.96. The van der Waals surface area contributed by atoms with Gasteiger partial charge in [-0.05, 0) is 37.1 Å². The van der Waals surface area contributed by atoms with Crippen LogP contribution in [0.15, 0.2) is 42.5 Å². The summed E-state index contributed by atoms with van der Waals surface area (Å²) in [6, 6.07) is 11.8. The Morgan fingerprint density at radius 2 is 1.67 bits per heavy atom. The average molecular weight is 368 g/mol. The number of nitrogens with zero attached hydrogens (tertiary/aromatic N) is 3. The van der Waals surface area contributed by atoms with Gasteiger partial charge in [-0.25, -0.2) is 9.37 Å². The van der Waals surface area contributed by atoms with Gasteiger partial charge < -0.3 is 15.1 Å². The molecule has 2 heterocycles. The molecule has 2 aliphatic rings. The number of hydrogen-bond acceptors (Lipinski definition) is 4. The molecule has 0 atom stereocenters. The van der Waals surface area contributed by atoms with E-state index in [1.54, 1.807) is 41.3 Å². The van der Waals surface area contributed by atoms with Crippen LogP contribution in [-0.2, 0) is 0 Å². The Bertz CT molecular complexity index is 861. The van der Waals surface area contributed by atoms with Crippen molar-refractivity contribution < 1.29 is 14.0 Å². The fourth-order valence-electron chi connectivity index (χ4n) is 3.19. The lowest BCUT2D eigenvalue weighted by Gasteiger charge is -2.36. The minimum atomic E-state index is -0.256. The predicted molar refractivity (Wildman–Crippen MR) is 99.2 cm³/mol. The zero-order valence-corrected chi connectivity index (χ0v) is 14.9. The van der Waals surface area contributed by atoms with E-state index >= 15 is 0 Å². The Kier molecular flexibility index (Phi) is 4.75. The Morgan fingerprint density at radius 3 is 2.37 bits per heavy atom. The highest BCUT2D eigenvalue weighted by Gasteiger charge is 2.26. The van der Waals surface area contributed by atoms with E-state index in [9.17, 15) is 14.0 Å².